The molecule has 21 heavy (non-hydrogen) atoms. The van der Waals surface area contributed by atoms with Crippen LogP contribution in [-0.4, -0.2) is 15.9 Å². The third-order valence-electron chi connectivity index (χ3n) is 2.91. The van der Waals surface area contributed by atoms with Crippen LogP contribution in [0, 0.1) is 12.7 Å². The van der Waals surface area contributed by atoms with Crippen LogP contribution in [0.3, 0.4) is 0 Å². The summed E-state index contributed by atoms with van der Waals surface area (Å²) in [5.41, 5.74) is 7.73. The molecular weight excluding hydrogens is 291 g/mol. The van der Waals surface area contributed by atoms with E-state index in [0.717, 1.165) is 5.56 Å². The van der Waals surface area contributed by atoms with Crippen molar-refractivity contribution < 1.29 is 13.4 Å². The van der Waals surface area contributed by atoms with E-state index in [2.05, 4.69) is 5.32 Å². The van der Waals surface area contributed by atoms with E-state index in [1.165, 1.54) is 18.2 Å². The van der Waals surface area contributed by atoms with Gasteiger partial charge in [-0.25, -0.2) is 4.39 Å². The lowest BCUT2D eigenvalue weighted by atomic mass is 10.2. The van der Waals surface area contributed by atoms with Crippen molar-refractivity contribution in [3.8, 4) is 0 Å². The molecule has 1 atom stereocenters. The number of rotatable bonds is 4. The van der Waals surface area contributed by atoms with Crippen LogP contribution in [0.1, 0.15) is 5.56 Å². The normalized spacial score (nSPS) is 11.9. The van der Waals surface area contributed by atoms with Crippen LogP contribution in [0.4, 0.5) is 15.8 Å². The number of hydrogen-bond acceptors (Lipinski definition) is 3. The zero-order valence-corrected chi connectivity index (χ0v) is 12.2. The number of benzene rings is 2. The summed E-state index contributed by atoms with van der Waals surface area (Å²) in [7, 11) is -1.73. The van der Waals surface area contributed by atoms with Crippen molar-refractivity contribution >= 4 is 28.1 Å². The molecule has 1 unspecified atom stereocenters. The summed E-state index contributed by atoms with van der Waals surface area (Å²) >= 11 is 0. The number of amides is 1. The van der Waals surface area contributed by atoms with Crippen LogP contribution in [0.25, 0.3) is 0 Å². The highest BCUT2D eigenvalue weighted by Gasteiger charge is 2.14. The first-order valence-corrected chi connectivity index (χ1v) is 7.58. The fourth-order valence-electron chi connectivity index (χ4n) is 1.74. The number of halogens is 1. The molecule has 0 aliphatic heterocycles. The van der Waals surface area contributed by atoms with Crippen LogP contribution in [0.5, 0.6) is 0 Å². The van der Waals surface area contributed by atoms with E-state index in [0.29, 0.717) is 11.4 Å². The zero-order valence-electron chi connectivity index (χ0n) is 11.4. The molecule has 0 spiro atoms. The first-order valence-electron chi connectivity index (χ1n) is 6.26. The number of nitrogens with two attached hydrogens (primary N) is 1. The lowest BCUT2D eigenvalue weighted by Crippen LogP contribution is -2.20. The van der Waals surface area contributed by atoms with Crippen molar-refractivity contribution in [1.82, 2.24) is 0 Å². The molecule has 0 aliphatic rings. The van der Waals surface area contributed by atoms with Crippen LogP contribution in [-0.2, 0) is 15.6 Å². The largest absolute Gasteiger partial charge is 0.398 e. The fraction of sp³-hybridized carbons (Fsp3) is 0.133. The van der Waals surface area contributed by atoms with Crippen molar-refractivity contribution in [3.05, 3.63) is 53.8 Å². The first-order chi connectivity index (χ1) is 9.97. The maximum absolute atomic E-state index is 13.5. The van der Waals surface area contributed by atoms with Crippen molar-refractivity contribution in [2.45, 2.75) is 11.8 Å². The Hall–Kier alpha value is -2.21. The molecule has 2 rings (SSSR count). The number of nitrogen functional groups attached to an aromatic ring is 1. The molecule has 1 amide bonds. The second kappa shape index (κ2) is 6.49. The van der Waals surface area contributed by atoms with Crippen molar-refractivity contribution in [1.29, 1.82) is 0 Å². The topological polar surface area (TPSA) is 72.2 Å². The number of carbonyl (C=O) groups is 1. The van der Waals surface area contributed by atoms with Crippen LogP contribution in [0.15, 0.2) is 47.4 Å². The predicted molar refractivity (Wildman–Crippen MR) is 81.9 cm³/mol. The van der Waals surface area contributed by atoms with E-state index in [1.54, 1.807) is 24.3 Å². The summed E-state index contributed by atoms with van der Waals surface area (Å²) in [6.45, 7) is 1.86. The number of anilines is 2. The third kappa shape index (κ3) is 3.88. The van der Waals surface area contributed by atoms with Crippen LogP contribution >= 0.6 is 0 Å². The highest BCUT2D eigenvalue weighted by Crippen LogP contribution is 2.17. The third-order valence-corrected chi connectivity index (χ3v) is 4.25. The van der Waals surface area contributed by atoms with Gasteiger partial charge in [0.1, 0.15) is 11.6 Å². The van der Waals surface area contributed by atoms with Gasteiger partial charge in [-0.1, -0.05) is 18.2 Å². The molecule has 0 aliphatic carbocycles. The predicted octanol–water partition coefficient (Wildman–Crippen LogP) is 2.46. The van der Waals surface area contributed by atoms with Crippen LogP contribution < -0.4 is 11.1 Å². The number of hydrogen-bond donors (Lipinski definition) is 2. The van der Waals surface area contributed by atoms with Gasteiger partial charge in [0.15, 0.2) is 0 Å². The van der Waals surface area contributed by atoms with E-state index in [4.69, 9.17) is 5.73 Å². The molecule has 0 saturated carbocycles. The summed E-state index contributed by atoms with van der Waals surface area (Å²) in [6.07, 6.45) is 0. The lowest BCUT2D eigenvalue weighted by Gasteiger charge is -2.08. The zero-order chi connectivity index (χ0) is 15.4. The SMILES string of the molecule is Cc1ccc(NC(=O)CS(=O)c2ccccc2F)cc1N. The second-order valence-corrected chi connectivity index (χ2v) is 5.96. The van der Waals surface area contributed by atoms with Crippen LogP contribution in [0.2, 0.25) is 0 Å². The van der Waals surface area contributed by atoms with Gasteiger partial charge in [-0.05, 0) is 36.8 Å². The van der Waals surface area contributed by atoms with Gasteiger partial charge < -0.3 is 11.1 Å². The molecule has 0 saturated heterocycles. The molecule has 2 aromatic rings. The number of nitrogens with one attached hydrogen (secondary N) is 1. The molecule has 0 fully saturated rings. The molecule has 0 radical (unpaired) electrons. The summed E-state index contributed by atoms with van der Waals surface area (Å²) in [6, 6.07) is 10.8. The Morgan fingerprint density at radius 1 is 1.29 bits per heavy atom. The molecule has 4 nitrogen and oxygen atoms in total. The molecule has 6 heteroatoms. The van der Waals surface area contributed by atoms with Gasteiger partial charge in [0, 0.05) is 11.4 Å². The highest BCUT2D eigenvalue weighted by molar-refractivity contribution is 7.85. The second-order valence-electron chi connectivity index (χ2n) is 4.54. The maximum atomic E-state index is 13.5. The van der Waals surface area contributed by atoms with Gasteiger partial charge in [-0.15, -0.1) is 0 Å². The molecule has 0 aromatic heterocycles. The monoisotopic (exact) mass is 306 g/mol. The molecule has 0 heterocycles. The molecule has 0 bridgehead atoms. The average Bonchev–Trinajstić information content (AvgIpc) is 2.43. The van der Waals surface area contributed by atoms with Gasteiger partial charge in [0.2, 0.25) is 5.91 Å². The lowest BCUT2D eigenvalue weighted by molar-refractivity contribution is -0.113. The Morgan fingerprint density at radius 3 is 2.67 bits per heavy atom. The van der Waals surface area contributed by atoms with Gasteiger partial charge in [-0.2, -0.15) is 0 Å². The first kappa shape index (κ1) is 15.2. The van der Waals surface area contributed by atoms with E-state index in [-0.39, 0.29) is 10.6 Å². The van der Waals surface area contributed by atoms with Crippen molar-refractivity contribution in [2.24, 2.45) is 0 Å². The fourth-order valence-corrected chi connectivity index (χ4v) is 2.72. The summed E-state index contributed by atoms with van der Waals surface area (Å²) in [4.78, 5) is 11.9. The Labute approximate surface area is 124 Å². The molecular formula is C15H15FN2O2S. The molecule has 3 N–H and O–H groups in total. The van der Waals surface area contributed by atoms with Gasteiger partial charge in [0.05, 0.1) is 15.7 Å². The van der Waals surface area contributed by atoms with Gasteiger partial charge >= 0.3 is 0 Å². The highest BCUT2D eigenvalue weighted by atomic mass is 32.2. The quantitative estimate of drug-likeness (QED) is 0.852. The smallest absolute Gasteiger partial charge is 0.237 e. The van der Waals surface area contributed by atoms with E-state index in [1.807, 2.05) is 6.92 Å². The van der Waals surface area contributed by atoms with Gasteiger partial charge in [0.25, 0.3) is 0 Å². The Kier molecular flexibility index (Phi) is 4.70. The maximum Gasteiger partial charge on any atom is 0.237 e. The van der Waals surface area contributed by atoms with E-state index < -0.39 is 22.5 Å². The minimum absolute atomic E-state index is 0.0241. The minimum Gasteiger partial charge on any atom is -0.398 e. The van der Waals surface area contributed by atoms with Gasteiger partial charge in [-0.3, -0.25) is 9.00 Å². The average molecular weight is 306 g/mol. The molecule has 2 aromatic carbocycles. The number of carbonyl (C=O) groups excluding carboxylic acids is 1. The Bertz CT molecular complexity index is 704. The number of aryl methyl sites for hydroxylation is 1. The Balaban J connectivity index is 2.03. The molecule has 110 valence electrons. The van der Waals surface area contributed by atoms with E-state index in [9.17, 15) is 13.4 Å². The minimum atomic E-state index is -1.73. The summed E-state index contributed by atoms with van der Waals surface area (Å²) < 4.78 is 25.4. The van der Waals surface area contributed by atoms with E-state index >= 15 is 0 Å². The van der Waals surface area contributed by atoms with Crippen molar-refractivity contribution in [2.75, 3.05) is 16.8 Å². The Morgan fingerprint density at radius 2 is 2.00 bits per heavy atom. The summed E-state index contributed by atoms with van der Waals surface area (Å²) in [5, 5.41) is 2.60. The van der Waals surface area contributed by atoms with Crippen molar-refractivity contribution in [3.63, 3.8) is 0 Å². The summed E-state index contributed by atoms with van der Waals surface area (Å²) in [5.74, 6) is -1.35. The standard InChI is InChI=1S/C15H15FN2O2S/c1-10-6-7-11(8-13(10)17)18-15(19)9-21(20)14-5-3-2-4-12(14)16/h2-8H,9,17H2,1H3,(H,18,19).